The second kappa shape index (κ2) is 9.06. The molecule has 2 aromatic heterocycles. The lowest BCUT2D eigenvalue weighted by molar-refractivity contribution is 0.0950. The third-order valence-corrected chi connectivity index (χ3v) is 6.63. The zero-order valence-electron chi connectivity index (χ0n) is 18.9. The second-order valence-corrected chi connectivity index (χ2v) is 9.06. The summed E-state index contributed by atoms with van der Waals surface area (Å²) in [6.45, 7) is 4.50. The quantitative estimate of drug-likeness (QED) is 0.602. The highest BCUT2D eigenvalue weighted by molar-refractivity contribution is 6.03. The molecule has 1 aromatic carbocycles. The maximum atomic E-state index is 14.1. The molecule has 0 saturated carbocycles. The normalized spacial score (nSPS) is 19.7. The summed E-state index contributed by atoms with van der Waals surface area (Å²) in [4.78, 5) is 28.0. The van der Waals surface area contributed by atoms with Gasteiger partial charge in [-0.1, -0.05) is 0 Å². The Labute approximate surface area is 196 Å². The SMILES string of the molecule is Cc1cc(CNC(=O)c2cncc(-c3cc(F)cc(F)c3)c2N2CCC3(CCCN3)C2)ncn1. The van der Waals surface area contributed by atoms with Gasteiger partial charge in [-0.3, -0.25) is 9.78 Å². The molecule has 176 valence electrons. The number of carbonyl (C=O) groups excluding carboxylic acids is 1. The minimum absolute atomic E-state index is 0.0000402. The van der Waals surface area contributed by atoms with Gasteiger partial charge in [-0.2, -0.15) is 0 Å². The highest BCUT2D eigenvalue weighted by Crippen LogP contribution is 2.40. The van der Waals surface area contributed by atoms with E-state index in [-0.39, 0.29) is 18.0 Å². The summed E-state index contributed by atoms with van der Waals surface area (Å²) >= 11 is 0. The van der Waals surface area contributed by atoms with Crippen molar-refractivity contribution in [2.24, 2.45) is 0 Å². The van der Waals surface area contributed by atoms with Gasteiger partial charge in [0.1, 0.15) is 18.0 Å². The van der Waals surface area contributed by atoms with Crippen LogP contribution in [0, 0.1) is 18.6 Å². The molecule has 3 aromatic rings. The van der Waals surface area contributed by atoms with Crippen LogP contribution in [0.15, 0.2) is 43.0 Å². The average molecular weight is 465 g/mol. The Morgan fingerprint density at radius 1 is 1.15 bits per heavy atom. The van der Waals surface area contributed by atoms with Gasteiger partial charge in [0, 0.05) is 48.3 Å². The zero-order valence-corrected chi connectivity index (χ0v) is 18.9. The van der Waals surface area contributed by atoms with Gasteiger partial charge in [-0.15, -0.1) is 0 Å². The average Bonchev–Trinajstić information content (AvgIpc) is 3.46. The monoisotopic (exact) mass is 464 g/mol. The van der Waals surface area contributed by atoms with E-state index in [4.69, 9.17) is 0 Å². The summed E-state index contributed by atoms with van der Waals surface area (Å²) in [6, 6.07) is 5.19. The minimum Gasteiger partial charge on any atom is -0.368 e. The van der Waals surface area contributed by atoms with Gasteiger partial charge in [-0.05, 0) is 56.5 Å². The van der Waals surface area contributed by atoms with Gasteiger partial charge in [0.05, 0.1) is 23.5 Å². The van der Waals surface area contributed by atoms with Gasteiger partial charge < -0.3 is 15.5 Å². The van der Waals surface area contributed by atoms with Gasteiger partial charge in [0.15, 0.2) is 0 Å². The van der Waals surface area contributed by atoms with E-state index in [0.29, 0.717) is 34.6 Å². The van der Waals surface area contributed by atoms with E-state index in [1.807, 2.05) is 6.92 Å². The van der Waals surface area contributed by atoms with Crippen LogP contribution in [0.2, 0.25) is 0 Å². The standard InChI is InChI=1S/C25H26F2N6O/c1-16-7-20(31-15-30-16)11-29-24(34)22-13-28-12-21(17-8-18(26)10-19(27)9-17)23(22)33-6-4-25(14-33)3-2-5-32-25/h7-10,12-13,15,32H,2-6,11,14H2,1H3,(H,29,34). The highest BCUT2D eigenvalue weighted by atomic mass is 19.1. The van der Waals surface area contributed by atoms with Gasteiger partial charge in [0.2, 0.25) is 0 Å². The lowest BCUT2D eigenvalue weighted by atomic mass is 9.96. The highest BCUT2D eigenvalue weighted by Gasteiger charge is 2.41. The molecule has 2 saturated heterocycles. The Balaban J connectivity index is 1.52. The predicted molar refractivity (Wildman–Crippen MR) is 124 cm³/mol. The largest absolute Gasteiger partial charge is 0.368 e. The molecular formula is C25H26F2N6O. The molecule has 4 heterocycles. The van der Waals surface area contributed by atoms with Crippen LogP contribution in [0.5, 0.6) is 0 Å². The number of hydrogen-bond acceptors (Lipinski definition) is 6. The van der Waals surface area contributed by atoms with Crippen molar-refractivity contribution in [1.29, 1.82) is 0 Å². The number of halogens is 2. The number of nitrogens with zero attached hydrogens (tertiary/aromatic N) is 4. The molecule has 1 atom stereocenters. The first kappa shape index (κ1) is 22.3. The summed E-state index contributed by atoms with van der Waals surface area (Å²) in [5.74, 6) is -1.67. The zero-order chi connectivity index (χ0) is 23.7. The Morgan fingerprint density at radius 2 is 1.97 bits per heavy atom. The fourth-order valence-corrected chi connectivity index (χ4v) is 5.03. The van der Waals surface area contributed by atoms with E-state index < -0.39 is 11.6 Å². The first-order valence-electron chi connectivity index (χ1n) is 11.4. The van der Waals surface area contributed by atoms with Crippen molar-refractivity contribution in [3.05, 3.63) is 71.6 Å². The van der Waals surface area contributed by atoms with Crippen molar-refractivity contribution in [3.8, 4) is 11.1 Å². The van der Waals surface area contributed by atoms with Crippen LogP contribution >= 0.6 is 0 Å². The number of benzene rings is 1. The second-order valence-electron chi connectivity index (χ2n) is 9.06. The molecule has 9 heteroatoms. The van der Waals surface area contributed by atoms with Crippen LogP contribution in [-0.2, 0) is 6.54 Å². The predicted octanol–water partition coefficient (Wildman–Crippen LogP) is 3.39. The minimum atomic E-state index is -0.676. The van der Waals surface area contributed by atoms with E-state index in [9.17, 15) is 13.6 Å². The van der Waals surface area contributed by atoms with Crippen LogP contribution < -0.4 is 15.5 Å². The molecule has 2 aliphatic heterocycles. The number of pyridine rings is 1. The maximum Gasteiger partial charge on any atom is 0.255 e. The van der Waals surface area contributed by atoms with Crippen LogP contribution in [0.3, 0.4) is 0 Å². The number of aryl methyl sites for hydroxylation is 1. The third-order valence-electron chi connectivity index (χ3n) is 6.63. The topological polar surface area (TPSA) is 83.0 Å². The van der Waals surface area contributed by atoms with Crippen molar-refractivity contribution < 1.29 is 13.6 Å². The Hall–Kier alpha value is -3.46. The Morgan fingerprint density at radius 3 is 2.71 bits per heavy atom. The molecule has 7 nitrogen and oxygen atoms in total. The summed E-state index contributed by atoms with van der Waals surface area (Å²) in [5, 5.41) is 6.53. The van der Waals surface area contributed by atoms with Crippen molar-refractivity contribution in [1.82, 2.24) is 25.6 Å². The van der Waals surface area contributed by atoms with Gasteiger partial charge in [0.25, 0.3) is 5.91 Å². The molecule has 34 heavy (non-hydrogen) atoms. The summed E-state index contributed by atoms with van der Waals surface area (Å²) in [6.07, 6.45) is 7.66. The molecule has 5 rings (SSSR count). The molecule has 0 bridgehead atoms. The van der Waals surface area contributed by atoms with Crippen LogP contribution in [0.25, 0.3) is 11.1 Å². The molecule has 0 radical (unpaired) electrons. The van der Waals surface area contributed by atoms with E-state index in [1.54, 1.807) is 12.3 Å². The molecule has 0 aliphatic carbocycles. The maximum absolute atomic E-state index is 14.1. The van der Waals surface area contributed by atoms with Crippen molar-refractivity contribution >= 4 is 11.6 Å². The van der Waals surface area contributed by atoms with Gasteiger partial charge in [-0.25, -0.2) is 18.7 Å². The molecule has 1 amide bonds. The molecule has 1 spiro atoms. The lowest BCUT2D eigenvalue weighted by Crippen LogP contribution is -2.42. The number of carbonyl (C=O) groups is 1. The Kier molecular flexibility index (Phi) is 5.95. The van der Waals surface area contributed by atoms with E-state index in [2.05, 4.69) is 30.5 Å². The summed E-state index contributed by atoms with van der Waals surface area (Å²) in [7, 11) is 0. The fourth-order valence-electron chi connectivity index (χ4n) is 5.03. The molecular weight excluding hydrogens is 438 g/mol. The number of anilines is 1. The number of amides is 1. The molecule has 2 aliphatic rings. The number of aromatic nitrogens is 3. The first-order chi connectivity index (χ1) is 16.4. The number of nitrogens with one attached hydrogen (secondary N) is 2. The van der Waals surface area contributed by atoms with E-state index >= 15 is 0 Å². The van der Waals surface area contributed by atoms with Crippen molar-refractivity contribution in [3.63, 3.8) is 0 Å². The molecule has 2 N–H and O–H groups in total. The smallest absolute Gasteiger partial charge is 0.255 e. The lowest BCUT2D eigenvalue weighted by Gasteiger charge is -2.28. The van der Waals surface area contributed by atoms with Crippen molar-refractivity contribution in [2.45, 2.75) is 38.3 Å². The van der Waals surface area contributed by atoms with E-state index in [0.717, 1.165) is 44.1 Å². The first-order valence-corrected chi connectivity index (χ1v) is 11.4. The molecule has 1 unspecified atom stereocenters. The Bertz CT molecular complexity index is 1210. The van der Waals surface area contributed by atoms with Crippen LogP contribution in [0.1, 0.15) is 41.0 Å². The van der Waals surface area contributed by atoms with Crippen LogP contribution in [-0.4, -0.2) is 46.0 Å². The van der Waals surface area contributed by atoms with Crippen molar-refractivity contribution in [2.75, 3.05) is 24.5 Å². The van der Waals surface area contributed by atoms with Crippen LogP contribution in [0.4, 0.5) is 14.5 Å². The summed E-state index contributed by atoms with van der Waals surface area (Å²) < 4.78 is 28.2. The number of rotatable bonds is 5. The molecule has 2 fully saturated rings. The number of hydrogen-bond donors (Lipinski definition) is 2. The van der Waals surface area contributed by atoms with Gasteiger partial charge >= 0.3 is 0 Å². The summed E-state index contributed by atoms with van der Waals surface area (Å²) in [5.41, 5.74) is 3.38. The fraction of sp³-hybridized carbons (Fsp3) is 0.360. The third kappa shape index (κ3) is 4.48. The van der Waals surface area contributed by atoms with E-state index in [1.165, 1.54) is 24.7 Å².